The number of hydrogen-bond donors (Lipinski definition) is 2. The number of nitrogens with zero attached hydrogens (tertiary/aromatic N) is 2. The number of hydrogen-bond acceptors (Lipinski definition) is 5. The van der Waals surface area contributed by atoms with Gasteiger partial charge in [-0.15, -0.1) is 0 Å². The fraction of sp³-hybridized carbons (Fsp3) is 0. The first-order chi connectivity index (χ1) is 11.9. The molecule has 2 aromatic carbocycles. The lowest BCUT2D eigenvalue weighted by Gasteiger charge is -2.11. The molecule has 0 bridgehead atoms. The first-order valence-corrected chi connectivity index (χ1v) is 7.35. The molecule has 126 valence electrons. The van der Waals surface area contributed by atoms with Gasteiger partial charge in [-0.25, -0.2) is 9.69 Å². The Morgan fingerprint density at radius 1 is 1.20 bits per heavy atom. The largest absolute Gasteiger partial charge is 0.507 e. The molecule has 2 N–H and O–H groups in total. The lowest BCUT2D eigenvalue weighted by atomic mass is 10.1. The summed E-state index contributed by atoms with van der Waals surface area (Å²) in [5.74, 6) is -0.931. The van der Waals surface area contributed by atoms with E-state index in [0.29, 0.717) is 5.02 Å². The second kappa shape index (κ2) is 6.25. The van der Waals surface area contributed by atoms with Crippen LogP contribution in [0.25, 0.3) is 6.08 Å². The van der Waals surface area contributed by atoms with Crippen LogP contribution in [-0.2, 0) is 4.79 Å². The Morgan fingerprint density at radius 2 is 1.96 bits per heavy atom. The summed E-state index contributed by atoms with van der Waals surface area (Å²) in [7, 11) is 0. The van der Waals surface area contributed by atoms with Gasteiger partial charge in [0.2, 0.25) is 0 Å². The molecular formula is C16H10ClN3O5. The number of carbonyl (C=O) groups is 2. The van der Waals surface area contributed by atoms with Gasteiger partial charge in [0.25, 0.3) is 11.6 Å². The van der Waals surface area contributed by atoms with Crippen LogP contribution in [0.15, 0.2) is 48.2 Å². The van der Waals surface area contributed by atoms with E-state index in [1.54, 1.807) is 12.1 Å². The van der Waals surface area contributed by atoms with Gasteiger partial charge in [-0.05, 0) is 30.3 Å². The number of nitro groups is 1. The van der Waals surface area contributed by atoms with Crippen molar-refractivity contribution in [3.63, 3.8) is 0 Å². The molecule has 0 aromatic heterocycles. The molecule has 1 aliphatic rings. The van der Waals surface area contributed by atoms with Crippen LogP contribution in [0.2, 0.25) is 5.02 Å². The average molecular weight is 360 g/mol. The zero-order valence-corrected chi connectivity index (χ0v) is 13.2. The van der Waals surface area contributed by atoms with Crippen LogP contribution in [0.3, 0.4) is 0 Å². The molecule has 8 nitrogen and oxygen atoms in total. The van der Waals surface area contributed by atoms with Crippen LogP contribution in [0.5, 0.6) is 5.75 Å². The summed E-state index contributed by atoms with van der Waals surface area (Å²) in [6, 6.07) is 8.86. The van der Waals surface area contributed by atoms with Gasteiger partial charge in [0.1, 0.15) is 11.4 Å². The third-order valence-corrected chi connectivity index (χ3v) is 3.70. The van der Waals surface area contributed by atoms with E-state index in [2.05, 4.69) is 5.32 Å². The van der Waals surface area contributed by atoms with Crippen molar-refractivity contribution in [2.75, 3.05) is 4.90 Å². The number of carbonyl (C=O) groups excluding carboxylic acids is 2. The fourth-order valence-electron chi connectivity index (χ4n) is 2.31. The molecular weight excluding hydrogens is 350 g/mol. The zero-order chi connectivity index (χ0) is 18.1. The van der Waals surface area contributed by atoms with Crippen molar-refractivity contribution in [1.82, 2.24) is 5.32 Å². The van der Waals surface area contributed by atoms with Gasteiger partial charge in [-0.1, -0.05) is 17.7 Å². The Kier molecular flexibility index (Phi) is 4.12. The zero-order valence-electron chi connectivity index (χ0n) is 12.5. The van der Waals surface area contributed by atoms with Crippen molar-refractivity contribution < 1.29 is 19.6 Å². The molecule has 2 aromatic rings. The van der Waals surface area contributed by atoms with Crippen molar-refractivity contribution in [2.24, 2.45) is 0 Å². The number of aromatic hydroxyl groups is 1. The van der Waals surface area contributed by atoms with Crippen molar-refractivity contribution in [1.29, 1.82) is 0 Å². The Labute approximate surface area is 146 Å². The maximum absolute atomic E-state index is 12.5. The molecule has 0 saturated carbocycles. The van der Waals surface area contributed by atoms with E-state index < -0.39 is 16.9 Å². The predicted molar refractivity (Wildman–Crippen MR) is 90.2 cm³/mol. The normalized spacial score (nSPS) is 15.6. The molecule has 1 heterocycles. The summed E-state index contributed by atoms with van der Waals surface area (Å²) in [5.41, 5.74) is -0.0682. The van der Waals surface area contributed by atoms with Crippen LogP contribution in [0, 0.1) is 10.1 Å². The van der Waals surface area contributed by atoms with Crippen molar-refractivity contribution in [3.05, 3.63) is 68.9 Å². The number of nitrogens with one attached hydrogen (secondary N) is 1. The number of anilines is 1. The number of phenols is 1. The maximum Gasteiger partial charge on any atom is 0.333 e. The highest BCUT2D eigenvalue weighted by Crippen LogP contribution is 2.28. The van der Waals surface area contributed by atoms with Crippen molar-refractivity contribution >= 4 is 41.0 Å². The second-order valence-electron chi connectivity index (χ2n) is 5.11. The number of non-ortho nitro benzene ring substituents is 1. The Bertz CT molecular complexity index is 941. The van der Waals surface area contributed by atoms with Gasteiger partial charge in [-0.2, -0.15) is 0 Å². The van der Waals surface area contributed by atoms with Crippen LogP contribution in [-0.4, -0.2) is 22.0 Å². The maximum atomic E-state index is 12.5. The molecule has 1 fully saturated rings. The van der Waals surface area contributed by atoms with E-state index in [0.717, 1.165) is 23.1 Å². The highest BCUT2D eigenvalue weighted by atomic mass is 35.5. The minimum Gasteiger partial charge on any atom is -0.507 e. The van der Waals surface area contributed by atoms with Gasteiger partial charge < -0.3 is 10.4 Å². The fourth-order valence-corrected chi connectivity index (χ4v) is 2.50. The first-order valence-electron chi connectivity index (χ1n) is 6.97. The lowest BCUT2D eigenvalue weighted by molar-refractivity contribution is -0.384. The van der Waals surface area contributed by atoms with E-state index >= 15 is 0 Å². The average Bonchev–Trinajstić information content (AvgIpc) is 2.83. The molecule has 0 spiro atoms. The summed E-state index contributed by atoms with van der Waals surface area (Å²) in [6.45, 7) is 0. The number of rotatable bonds is 3. The number of imide groups is 1. The number of phenolic OH excluding ortho intramolecular Hbond substituents is 1. The van der Waals surface area contributed by atoms with Gasteiger partial charge in [0.05, 0.1) is 10.6 Å². The lowest BCUT2D eigenvalue weighted by Crippen LogP contribution is -2.30. The standard InChI is InChI=1S/C16H10ClN3O5/c17-10-2-1-3-11(8-10)19-15(22)13(18-16(19)23)7-9-6-12(20(24)25)4-5-14(9)21/h1-8,21H,(H,18,23)/b13-7+. The van der Waals surface area contributed by atoms with Crippen molar-refractivity contribution in [3.8, 4) is 5.75 Å². The van der Waals surface area contributed by atoms with Gasteiger partial charge in [-0.3, -0.25) is 14.9 Å². The topological polar surface area (TPSA) is 113 Å². The molecule has 25 heavy (non-hydrogen) atoms. The van der Waals surface area contributed by atoms with Crippen LogP contribution in [0.1, 0.15) is 5.56 Å². The summed E-state index contributed by atoms with van der Waals surface area (Å²) in [5, 5.41) is 23.4. The molecule has 3 rings (SSSR count). The summed E-state index contributed by atoms with van der Waals surface area (Å²) >= 11 is 5.87. The van der Waals surface area contributed by atoms with Crippen LogP contribution >= 0.6 is 11.6 Å². The van der Waals surface area contributed by atoms with Gasteiger partial charge in [0, 0.05) is 22.7 Å². The minimum atomic E-state index is -0.691. The Morgan fingerprint density at radius 3 is 2.64 bits per heavy atom. The monoisotopic (exact) mass is 359 g/mol. The number of urea groups is 1. The van der Waals surface area contributed by atoms with E-state index in [1.165, 1.54) is 18.2 Å². The smallest absolute Gasteiger partial charge is 0.333 e. The van der Waals surface area contributed by atoms with Gasteiger partial charge >= 0.3 is 6.03 Å². The number of benzene rings is 2. The highest BCUT2D eigenvalue weighted by Gasteiger charge is 2.35. The van der Waals surface area contributed by atoms with Gasteiger partial charge in [0.15, 0.2) is 0 Å². The van der Waals surface area contributed by atoms with E-state index in [9.17, 15) is 24.8 Å². The molecule has 3 amide bonds. The molecule has 9 heteroatoms. The summed E-state index contributed by atoms with van der Waals surface area (Å²) in [4.78, 5) is 35.7. The summed E-state index contributed by atoms with van der Waals surface area (Å²) < 4.78 is 0. The summed E-state index contributed by atoms with van der Waals surface area (Å²) in [6.07, 6.45) is 1.17. The third-order valence-electron chi connectivity index (χ3n) is 3.47. The third kappa shape index (κ3) is 3.15. The second-order valence-corrected chi connectivity index (χ2v) is 5.55. The quantitative estimate of drug-likeness (QED) is 0.378. The Balaban J connectivity index is 1.99. The predicted octanol–water partition coefficient (Wildman–Crippen LogP) is 3.05. The molecule has 0 unspecified atom stereocenters. The molecule has 1 aliphatic heterocycles. The minimum absolute atomic E-state index is 0.0331. The number of nitro benzene ring substituents is 1. The Hall–Kier alpha value is -3.39. The molecule has 0 atom stereocenters. The first kappa shape index (κ1) is 16.5. The van der Waals surface area contributed by atoms with E-state index in [-0.39, 0.29) is 28.4 Å². The van der Waals surface area contributed by atoms with Crippen molar-refractivity contribution in [2.45, 2.75) is 0 Å². The SMILES string of the molecule is O=C1N/C(=C/c2cc([N+](=O)[O-])ccc2O)C(=O)N1c1cccc(Cl)c1. The molecule has 1 saturated heterocycles. The molecule has 0 aliphatic carbocycles. The van der Waals surface area contributed by atoms with E-state index in [4.69, 9.17) is 11.6 Å². The number of halogens is 1. The van der Waals surface area contributed by atoms with Crippen LogP contribution in [0.4, 0.5) is 16.2 Å². The number of amides is 3. The highest BCUT2D eigenvalue weighted by molar-refractivity contribution is 6.32. The molecule has 0 radical (unpaired) electrons. The van der Waals surface area contributed by atoms with E-state index in [1.807, 2.05) is 0 Å². The van der Waals surface area contributed by atoms with Crippen LogP contribution < -0.4 is 10.2 Å².